The average molecular weight is 302 g/mol. The molecule has 1 unspecified atom stereocenters. The Kier molecular flexibility index (Phi) is 4.19. The Balaban J connectivity index is 1.77. The zero-order valence-corrected chi connectivity index (χ0v) is 13.2. The normalized spacial score (nSPS) is 19.1. The van der Waals surface area contributed by atoms with Crippen molar-refractivity contribution in [3.63, 3.8) is 0 Å². The second-order valence-corrected chi connectivity index (χ2v) is 6.73. The summed E-state index contributed by atoms with van der Waals surface area (Å²) in [7, 11) is 0. The summed E-state index contributed by atoms with van der Waals surface area (Å²) in [6, 6.07) is 6.83. The molecule has 1 atom stereocenters. The van der Waals surface area contributed by atoms with Crippen LogP contribution >= 0.6 is 0 Å². The van der Waals surface area contributed by atoms with Crippen LogP contribution in [0.5, 0.6) is 0 Å². The Morgan fingerprint density at radius 2 is 2.23 bits per heavy atom. The lowest BCUT2D eigenvalue weighted by atomic mass is 9.94. The molecule has 3 nitrogen and oxygen atoms in total. The van der Waals surface area contributed by atoms with Crippen molar-refractivity contribution in [2.24, 2.45) is 5.92 Å². The number of rotatable bonds is 3. The fourth-order valence-electron chi connectivity index (χ4n) is 3.28. The van der Waals surface area contributed by atoms with Crippen molar-refractivity contribution in [2.45, 2.75) is 39.0 Å². The number of hydrogen-bond acceptors (Lipinski definition) is 1. The number of fused-ring (bicyclic) bond motifs is 1. The van der Waals surface area contributed by atoms with Crippen LogP contribution in [0.2, 0.25) is 0 Å². The van der Waals surface area contributed by atoms with Gasteiger partial charge in [-0.05, 0) is 43.0 Å². The van der Waals surface area contributed by atoms with Gasteiger partial charge in [0.15, 0.2) is 0 Å². The molecule has 1 aromatic heterocycles. The zero-order chi connectivity index (χ0) is 15.7. The summed E-state index contributed by atoms with van der Waals surface area (Å²) in [6.45, 7) is 5.77. The quantitative estimate of drug-likeness (QED) is 0.912. The van der Waals surface area contributed by atoms with Gasteiger partial charge in [-0.25, -0.2) is 4.39 Å². The molecule has 1 aromatic carbocycles. The third-order valence-corrected chi connectivity index (χ3v) is 4.40. The molecule has 0 aliphatic carbocycles. The number of carbonyl (C=O) groups excluding carboxylic acids is 1. The molecule has 2 aromatic rings. The Morgan fingerprint density at radius 3 is 3.00 bits per heavy atom. The number of H-pyrrole nitrogens is 1. The van der Waals surface area contributed by atoms with Gasteiger partial charge >= 0.3 is 0 Å². The zero-order valence-electron chi connectivity index (χ0n) is 13.2. The number of aromatic nitrogens is 1. The first-order valence-corrected chi connectivity index (χ1v) is 8.09. The number of hydrogen-bond donors (Lipinski definition) is 1. The maximum absolute atomic E-state index is 13.3. The van der Waals surface area contributed by atoms with E-state index in [9.17, 15) is 9.18 Å². The van der Waals surface area contributed by atoms with Gasteiger partial charge < -0.3 is 9.88 Å². The highest BCUT2D eigenvalue weighted by molar-refractivity contribution is 5.80. The fourth-order valence-corrected chi connectivity index (χ4v) is 3.28. The van der Waals surface area contributed by atoms with Crippen LogP contribution in [0.25, 0.3) is 10.9 Å². The van der Waals surface area contributed by atoms with Crippen LogP contribution in [0, 0.1) is 11.7 Å². The van der Waals surface area contributed by atoms with Gasteiger partial charge in [0.25, 0.3) is 0 Å². The van der Waals surface area contributed by atoms with Gasteiger partial charge in [-0.1, -0.05) is 13.8 Å². The molecule has 1 fully saturated rings. The second kappa shape index (κ2) is 6.11. The molecule has 1 N–H and O–H groups in total. The largest absolute Gasteiger partial charge is 0.358 e. The van der Waals surface area contributed by atoms with Gasteiger partial charge in [-0.2, -0.15) is 0 Å². The van der Waals surface area contributed by atoms with E-state index >= 15 is 0 Å². The standard InChI is InChI=1S/C18H23FN2O/c1-12(2)8-18(22)21-7-3-4-13(11-21)17-10-14-9-15(19)5-6-16(14)20-17/h5-6,9-10,12-13,20H,3-4,7-8,11H2,1-2H3. The van der Waals surface area contributed by atoms with Crippen molar-refractivity contribution >= 4 is 16.8 Å². The maximum atomic E-state index is 13.3. The number of carbonyl (C=O) groups is 1. The molecule has 1 amide bonds. The monoisotopic (exact) mass is 302 g/mol. The number of halogens is 1. The molecule has 0 bridgehead atoms. The van der Waals surface area contributed by atoms with E-state index < -0.39 is 0 Å². The van der Waals surface area contributed by atoms with E-state index in [4.69, 9.17) is 0 Å². The third kappa shape index (κ3) is 3.16. The predicted molar refractivity (Wildman–Crippen MR) is 86.3 cm³/mol. The maximum Gasteiger partial charge on any atom is 0.222 e. The number of aromatic amines is 1. The van der Waals surface area contributed by atoms with Crippen LogP contribution in [0.15, 0.2) is 24.3 Å². The fraction of sp³-hybridized carbons (Fsp3) is 0.500. The molecule has 0 radical (unpaired) electrons. The molecule has 0 saturated carbocycles. The topological polar surface area (TPSA) is 36.1 Å². The highest BCUT2D eigenvalue weighted by atomic mass is 19.1. The van der Waals surface area contributed by atoms with Crippen molar-refractivity contribution in [1.82, 2.24) is 9.88 Å². The Hall–Kier alpha value is -1.84. The molecular formula is C18H23FN2O. The number of amides is 1. The molecule has 0 spiro atoms. The minimum atomic E-state index is -0.213. The number of piperidine rings is 1. The Labute approximate surface area is 130 Å². The van der Waals surface area contributed by atoms with Crippen LogP contribution in [-0.2, 0) is 4.79 Å². The molecule has 1 saturated heterocycles. The number of nitrogens with one attached hydrogen (secondary N) is 1. The summed E-state index contributed by atoms with van der Waals surface area (Å²) in [6.07, 6.45) is 2.71. The third-order valence-electron chi connectivity index (χ3n) is 4.40. The first-order valence-electron chi connectivity index (χ1n) is 8.09. The van der Waals surface area contributed by atoms with E-state index in [1.54, 1.807) is 12.1 Å². The van der Waals surface area contributed by atoms with E-state index in [1.165, 1.54) is 6.07 Å². The summed E-state index contributed by atoms with van der Waals surface area (Å²) >= 11 is 0. The summed E-state index contributed by atoms with van der Waals surface area (Å²) in [5.74, 6) is 0.751. The SMILES string of the molecule is CC(C)CC(=O)N1CCCC(c2cc3cc(F)ccc3[nH]2)C1. The van der Waals surface area contributed by atoms with Crippen molar-refractivity contribution in [1.29, 1.82) is 0 Å². The highest BCUT2D eigenvalue weighted by Crippen LogP contribution is 2.29. The van der Waals surface area contributed by atoms with Crippen molar-refractivity contribution in [3.8, 4) is 0 Å². The summed E-state index contributed by atoms with van der Waals surface area (Å²) < 4.78 is 13.3. The van der Waals surface area contributed by atoms with Gasteiger partial charge in [0.2, 0.25) is 5.91 Å². The Bertz CT molecular complexity index is 677. The van der Waals surface area contributed by atoms with E-state index in [0.29, 0.717) is 18.3 Å². The number of likely N-dealkylation sites (tertiary alicyclic amines) is 1. The van der Waals surface area contributed by atoms with Gasteiger partial charge in [-0.3, -0.25) is 4.79 Å². The molecule has 3 rings (SSSR count). The molecule has 118 valence electrons. The first-order chi connectivity index (χ1) is 10.5. The minimum Gasteiger partial charge on any atom is -0.358 e. The molecule has 1 aliphatic heterocycles. The van der Waals surface area contributed by atoms with Gasteiger partial charge in [0.05, 0.1) is 0 Å². The van der Waals surface area contributed by atoms with Crippen molar-refractivity contribution in [3.05, 3.63) is 35.8 Å². The summed E-state index contributed by atoms with van der Waals surface area (Å²) in [5.41, 5.74) is 2.07. The van der Waals surface area contributed by atoms with Gasteiger partial charge in [0.1, 0.15) is 5.82 Å². The lowest BCUT2D eigenvalue weighted by Crippen LogP contribution is -2.39. The van der Waals surface area contributed by atoms with E-state index in [-0.39, 0.29) is 11.7 Å². The number of nitrogens with zero attached hydrogens (tertiary/aromatic N) is 1. The second-order valence-electron chi connectivity index (χ2n) is 6.73. The smallest absolute Gasteiger partial charge is 0.222 e. The Morgan fingerprint density at radius 1 is 1.41 bits per heavy atom. The van der Waals surface area contributed by atoms with E-state index in [1.807, 2.05) is 11.0 Å². The van der Waals surface area contributed by atoms with E-state index in [2.05, 4.69) is 18.8 Å². The van der Waals surface area contributed by atoms with Crippen LogP contribution < -0.4 is 0 Å². The van der Waals surface area contributed by atoms with Crippen LogP contribution in [0.1, 0.15) is 44.7 Å². The molecule has 2 heterocycles. The number of benzene rings is 1. The summed E-state index contributed by atoms with van der Waals surface area (Å²) in [4.78, 5) is 17.6. The van der Waals surface area contributed by atoms with Crippen LogP contribution in [-0.4, -0.2) is 28.9 Å². The molecule has 22 heavy (non-hydrogen) atoms. The van der Waals surface area contributed by atoms with Gasteiger partial charge in [0, 0.05) is 42.0 Å². The molecular weight excluding hydrogens is 279 g/mol. The minimum absolute atomic E-state index is 0.213. The highest BCUT2D eigenvalue weighted by Gasteiger charge is 2.26. The van der Waals surface area contributed by atoms with Crippen molar-refractivity contribution in [2.75, 3.05) is 13.1 Å². The predicted octanol–water partition coefficient (Wildman–Crippen LogP) is 4.06. The molecule has 1 aliphatic rings. The molecule has 4 heteroatoms. The van der Waals surface area contributed by atoms with Crippen LogP contribution in [0.3, 0.4) is 0 Å². The lowest BCUT2D eigenvalue weighted by molar-refractivity contribution is -0.133. The van der Waals surface area contributed by atoms with Crippen molar-refractivity contribution < 1.29 is 9.18 Å². The van der Waals surface area contributed by atoms with Crippen LogP contribution in [0.4, 0.5) is 4.39 Å². The van der Waals surface area contributed by atoms with E-state index in [0.717, 1.165) is 42.5 Å². The van der Waals surface area contributed by atoms with Gasteiger partial charge in [-0.15, -0.1) is 0 Å². The summed E-state index contributed by atoms with van der Waals surface area (Å²) in [5, 5.41) is 0.903. The average Bonchev–Trinajstić information content (AvgIpc) is 2.89. The lowest BCUT2D eigenvalue weighted by Gasteiger charge is -2.33. The first kappa shape index (κ1) is 15.1.